The summed E-state index contributed by atoms with van der Waals surface area (Å²) in [4.78, 5) is 24.2. The van der Waals surface area contributed by atoms with E-state index >= 15 is 0 Å². The van der Waals surface area contributed by atoms with Crippen LogP contribution in [-0.2, 0) is 15.1 Å². The lowest BCUT2D eigenvalue weighted by Crippen LogP contribution is -2.53. The molecule has 3 rings (SSSR count). The SMILES string of the molecule is O=C(CNC(=O)C1CCCC1)NC1(c2ccccc2)CCC1. The van der Waals surface area contributed by atoms with E-state index in [2.05, 4.69) is 22.8 Å². The summed E-state index contributed by atoms with van der Waals surface area (Å²) in [6.07, 6.45) is 7.24. The quantitative estimate of drug-likeness (QED) is 0.877. The standard InChI is InChI=1S/C18H24N2O2/c21-16(13-19-17(22)14-7-4-5-8-14)20-18(11-6-12-18)15-9-2-1-3-10-15/h1-3,9-10,14H,4-8,11-13H2,(H,19,22)(H,20,21). The number of carbonyl (C=O) groups excluding carboxylic acids is 2. The number of benzene rings is 1. The third-order valence-corrected chi connectivity index (χ3v) is 5.06. The van der Waals surface area contributed by atoms with Gasteiger partial charge in [0.05, 0.1) is 12.1 Å². The Bertz CT molecular complexity index is 531. The molecule has 2 amide bonds. The second-order valence-electron chi connectivity index (χ2n) is 6.55. The molecule has 0 saturated heterocycles. The van der Waals surface area contributed by atoms with E-state index in [0.717, 1.165) is 50.5 Å². The average molecular weight is 300 g/mol. The van der Waals surface area contributed by atoms with Crippen molar-refractivity contribution in [2.24, 2.45) is 5.92 Å². The van der Waals surface area contributed by atoms with E-state index in [-0.39, 0.29) is 29.8 Å². The van der Waals surface area contributed by atoms with Crippen LogP contribution in [0.25, 0.3) is 0 Å². The summed E-state index contributed by atoms with van der Waals surface area (Å²) < 4.78 is 0. The molecule has 2 aliphatic rings. The second-order valence-corrected chi connectivity index (χ2v) is 6.55. The molecule has 2 saturated carbocycles. The molecular formula is C18H24N2O2. The van der Waals surface area contributed by atoms with Crippen molar-refractivity contribution in [3.05, 3.63) is 35.9 Å². The molecule has 0 aromatic heterocycles. The molecular weight excluding hydrogens is 276 g/mol. The van der Waals surface area contributed by atoms with Gasteiger partial charge in [-0.3, -0.25) is 9.59 Å². The summed E-state index contributed by atoms with van der Waals surface area (Å²) in [6.45, 7) is 0.0872. The Morgan fingerprint density at radius 2 is 1.73 bits per heavy atom. The van der Waals surface area contributed by atoms with Gasteiger partial charge in [0, 0.05) is 5.92 Å². The minimum absolute atomic E-state index is 0.0371. The first-order valence-electron chi connectivity index (χ1n) is 8.34. The zero-order valence-corrected chi connectivity index (χ0v) is 12.9. The van der Waals surface area contributed by atoms with Crippen molar-refractivity contribution in [1.29, 1.82) is 0 Å². The van der Waals surface area contributed by atoms with Gasteiger partial charge in [-0.1, -0.05) is 43.2 Å². The lowest BCUT2D eigenvalue weighted by molar-refractivity contribution is -0.129. The molecule has 2 fully saturated rings. The van der Waals surface area contributed by atoms with Gasteiger partial charge < -0.3 is 10.6 Å². The van der Waals surface area contributed by atoms with Crippen LogP contribution in [0.3, 0.4) is 0 Å². The van der Waals surface area contributed by atoms with Crippen molar-refractivity contribution in [2.75, 3.05) is 6.54 Å². The van der Waals surface area contributed by atoms with Crippen molar-refractivity contribution in [3.8, 4) is 0 Å². The lowest BCUT2D eigenvalue weighted by Gasteiger charge is -2.43. The maximum Gasteiger partial charge on any atom is 0.240 e. The van der Waals surface area contributed by atoms with Crippen molar-refractivity contribution in [3.63, 3.8) is 0 Å². The molecule has 1 aromatic carbocycles. The molecule has 0 bridgehead atoms. The Morgan fingerprint density at radius 3 is 2.32 bits per heavy atom. The Kier molecular flexibility index (Phi) is 4.46. The van der Waals surface area contributed by atoms with Gasteiger partial charge in [0.25, 0.3) is 0 Å². The normalized spacial score (nSPS) is 20.2. The number of carbonyl (C=O) groups is 2. The lowest BCUT2D eigenvalue weighted by atomic mass is 9.72. The number of rotatable bonds is 5. The van der Waals surface area contributed by atoms with E-state index in [0.29, 0.717) is 0 Å². The first-order chi connectivity index (χ1) is 10.7. The second kappa shape index (κ2) is 6.51. The molecule has 118 valence electrons. The van der Waals surface area contributed by atoms with Crippen LogP contribution in [0, 0.1) is 5.92 Å². The fraction of sp³-hybridized carbons (Fsp3) is 0.556. The van der Waals surface area contributed by atoms with E-state index in [4.69, 9.17) is 0 Å². The predicted molar refractivity (Wildman–Crippen MR) is 85.1 cm³/mol. The number of nitrogens with one attached hydrogen (secondary N) is 2. The summed E-state index contributed by atoms with van der Waals surface area (Å²) in [6, 6.07) is 10.1. The zero-order valence-electron chi connectivity index (χ0n) is 12.9. The molecule has 0 atom stereocenters. The Balaban J connectivity index is 1.53. The predicted octanol–water partition coefficient (Wildman–Crippen LogP) is 2.49. The van der Waals surface area contributed by atoms with Gasteiger partial charge >= 0.3 is 0 Å². The monoisotopic (exact) mass is 300 g/mol. The van der Waals surface area contributed by atoms with Crippen LogP contribution in [0.15, 0.2) is 30.3 Å². The molecule has 4 heteroatoms. The van der Waals surface area contributed by atoms with Crippen LogP contribution in [-0.4, -0.2) is 18.4 Å². The van der Waals surface area contributed by atoms with E-state index < -0.39 is 0 Å². The van der Waals surface area contributed by atoms with Crippen molar-refractivity contribution < 1.29 is 9.59 Å². The van der Waals surface area contributed by atoms with E-state index in [9.17, 15) is 9.59 Å². The van der Waals surface area contributed by atoms with Gasteiger partial charge in [0.15, 0.2) is 0 Å². The molecule has 0 radical (unpaired) electrons. The van der Waals surface area contributed by atoms with Crippen LogP contribution in [0.5, 0.6) is 0 Å². The fourth-order valence-corrected chi connectivity index (χ4v) is 3.58. The Labute approximate surface area is 131 Å². The van der Waals surface area contributed by atoms with Crippen molar-refractivity contribution in [2.45, 2.75) is 50.5 Å². The van der Waals surface area contributed by atoms with Crippen molar-refractivity contribution in [1.82, 2.24) is 10.6 Å². The van der Waals surface area contributed by atoms with E-state index in [1.165, 1.54) is 0 Å². The van der Waals surface area contributed by atoms with Gasteiger partial charge in [-0.15, -0.1) is 0 Å². The molecule has 0 heterocycles. The minimum Gasteiger partial charge on any atom is -0.347 e. The highest BCUT2D eigenvalue weighted by Gasteiger charge is 2.39. The van der Waals surface area contributed by atoms with Crippen LogP contribution in [0.2, 0.25) is 0 Å². The minimum atomic E-state index is -0.226. The molecule has 1 aromatic rings. The van der Waals surface area contributed by atoms with E-state index in [1.54, 1.807) is 0 Å². The largest absolute Gasteiger partial charge is 0.347 e. The van der Waals surface area contributed by atoms with Gasteiger partial charge in [-0.25, -0.2) is 0 Å². The molecule has 2 aliphatic carbocycles. The smallest absolute Gasteiger partial charge is 0.240 e. The third-order valence-electron chi connectivity index (χ3n) is 5.06. The molecule has 0 spiro atoms. The maximum atomic E-state index is 12.2. The molecule has 22 heavy (non-hydrogen) atoms. The molecule has 4 nitrogen and oxygen atoms in total. The molecule has 0 aliphatic heterocycles. The van der Waals surface area contributed by atoms with Crippen LogP contribution >= 0.6 is 0 Å². The highest BCUT2D eigenvalue weighted by Crippen LogP contribution is 2.41. The fourth-order valence-electron chi connectivity index (χ4n) is 3.58. The van der Waals surface area contributed by atoms with Gasteiger partial charge in [-0.2, -0.15) is 0 Å². The van der Waals surface area contributed by atoms with Crippen LogP contribution < -0.4 is 10.6 Å². The van der Waals surface area contributed by atoms with E-state index in [1.807, 2.05) is 18.2 Å². The summed E-state index contributed by atoms with van der Waals surface area (Å²) in [5.41, 5.74) is 0.938. The first kappa shape index (κ1) is 15.1. The van der Waals surface area contributed by atoms with Gasteiger partial charge in [0.2, 0.25) is 11.8 Å². The first-order valence-corrected chi connectivity index (χ1v) is 8.34. The van der Waals surface area contributed by atoms with Gasteiger partial charge in [-0.05, 0) is 37.7 Å². The number of amides is 2. The summed E-state index contributed by atoms with van der Waals surface area (Å²) in [5, 5.41) is 5.93. The Hall–Kier alpha value is -1.84. The summed E-state index contributed by atoms with van der Waals surface area (Å²) in [7, 11) is 0. The van der Waals surface area contributed by atoms with Crippen molar-refractivity contribution >= 4 is 11.8 Å². The molecule has 2 N–H and O–H groups in total. The zero-order chi connectivity index (χ0) is 15.4. The number of hydrogen-bond acceptors (Lipinski definition) is 2. The highest BCUT2D eigenvalue weighted by atomic mass is 16.2. The van der Waals surface area contributed by atoms with Crippen LogP contribution in [0.1, 0.15) is 50.5 Å². The average Bonchev–Trinajstić information content (AvgIpc) is 3.04. The third kappa shape index (κ3) is 3.16. The maximum absolute atomic E-state index is 12.2. The summed E-state index contributed by atoms with van der Waals surface area (Å²) in [5.74, 6) is 0.0597. The highest BCUT2D eigenvalue weighted by molar-refractivity contribution is 5.86. The number of hydrogen-bond donors (Lipinski definition) is 2. The summed E-state index contributed by atoms with van der Waals surface area (Å²) >= 11 is 0. The van der Waals surface area contributed by atoms with Crippen LogP contribution in [0.4, 0.5) is 0 Å². The molecule has 0 unspecified atom stereocenters. The van der Waals surface area contributed by atoms with Gasteiger partial charge in [0.1, 0.15) is 0 Å². The Morgan fingerprint density at radius 1 is 1.05 bits per heavy atom. The topological polar surface area (TPSA) is 58.2 Å².